The predicted molar refractivity (Wildman–Crippen MR) is 153 cm³/mol. The first kappa shape index (κ1) is 24.4. The Balaban J connectivity index is 1.14. The van der Waals surface area contributed by atoms with Gasteiger partial charge in [0.15, 0.2) is 12.4 Å². The molecule has 0 spiro atoms. The highest BCUT2D eigenvalue weighted by Crippen LogP contribution is 2.50. The molecule has 3 unspecified atom stereocenters. The second-order valence-electron chi connectivity index (χ2n) is 9.77. The molecule has 3 atom stereocenters. The standard InChI is InChI=1S/C33H26BrNO3/c34-26-16-13-24(14-17-26)32-28-8-4-7-27(28)29-19-25(15-18-30(29)35-32)33(37)38-20-31(36)23-11-9-22(10-12-23)21-5-2-1-3-6-21/h1-7,9-19,27-28,32,35H,8,20H2. The Morgan fingerprint density at radius 1 is 0.842 bits per heavy atom. The van der Waals surface area contributed by atoms with Gasteiger partial charge in [-0.1, -0.05) is 94.8 Å². The summed E-state index contributed by atoms with van der Waals surface area (Å²) in [6, 6.07) is 31.6. The molecule has 2 aliphatic rings. The fourth-order valence-electron chi connectivity index (χ4n) is 5.50. The summed E-state index contributed by atoms with van der Waals surface area (Å²) in [6.45, 7) is -0.295. The monoisotopic (exact) mass is 563 g/mol. The Labute approximate surface area is 230 Å². The van der Waals surface area contributed by atoms with Gasteiger partial charge < -0.3 is 10.1 Å². The maximum absolute atomic E-state index is 12.9. The average molecular weight is 564 g/mol. The molecule has 0 fully saturated rings. The Bertz CT molecular complexity index is 1510. The van der Waals surface area contributed by atoms with Crippen molar-refractivity contribution in [2.24, 2.45) is 5.92 Å². The van der Waals surface area contributed by atoms with Crippen molar-refractivity contribution in [3.63, 3.8) is 0 Å². The summed E-state index contributed by atoms with van der Waals surface area (Å²) in [5.74, 6) is -0.128. The van der Waals surface area contributed by atoms with Crippen LogP contribution in [0.3, 0.4) is 0 Å². The number of Topliss-reactive ketones (excluding diaryl/α,β-unsaturated/α-hetero) is 1. The lowest BCUT2D eigenvalue weighted by Crippen LogP contribution is -2.29. The third kappa shape index (κ3) is 4.82. The third-order valence-electron chi connectivity index (χ3n) is 7.48. The fraction of sp³-hybridized carbons (Fsp3) is 0.152. The van der Waals surface area contributed by atoms with Gasteiger partial charge in [-0.2, -0.15) is 0 Å². The predicted octanol–water partition coefficient (Wildman–Crippen LogP) is 7.98. The Kier molecular flexibility index (Phi) is 6.69. The highest BCUT2D eigenvalue weighted by atomic mass is 79.9. The molecule has 4 nitrogen and oxygen atoms in total. The number of hydrogen-bond donors (Lipinski definition) is 1. The number of allylic oxidation sites excluding steroid dienone is 2. The summed E-state index contributed by atoms with van der Waals surface area (Å²) in [5.41, 5.74) is 6.46. The SMILES string of the molecule is O=C(COC(=O)c1ccc2c(c1)C1C=CCC1C(c1ccc(Br)cc1)N2)c1ccc(-c2ccccc2)cc1. The molecule has 4 aromatic rings. The molecule has 6 rings (SSSR count). The van der Waals surface area contributed by atoms with E-state index in [2.05, 4.69) is 57.7 Å². The number of hydrogen-bond acceptors (Lipinski definition) is 4. The summed E-state index contributed by atoms with van der Waals surface area (Å²) >= 11 is 3.52. The normalized spacial score (nSPS) is 19.2. The van der Waals surface area contributed by atoms with Crippen molar-refractivity contribution in [2.75, 3.05) is 11.9 Å². The number of rotatable bonds is 6. The van der Waals surface area contributed by atoms with Crippen molar-refractivity contribution in [3.05, 3.63) is 136 Å². The van der Waals surface area contributed by atoms with Gasteiger partial charge >= 0.3 is 5.97 Å². The molecule has 0 saturated carbocycles. The van der Waals surface area contributed by atoms with Crippen LogP contribution in [0.25, 0.3) is 11.1 Å². The second kappa shape index (κ2) is 10.4. The van der Waals surface area contributed by atoms with Crippen molar-refractivity contribution in [1.82, 2.24) is 0 Å². The van der Waals surface area contributed by atoms with Crippen LogP contribution in [0, 0.1) is 5.92 Å². The van der Waals surface area contributed by atoms with Gasteiger partial charge in [0, 0.05) is 21.6 Å². The van der Waals surface area contributed by atoms with Crippen molar-refractivity contribution in [1.29, 1.82) is 0 Å². The summed E-state index contributed by atoms with van der Waals surface area (Å²) in [7, 11) is 0. The van der Waals surface area contributed by atoms with E-state index < -0.39 is 5.97 Å². The zero-order chi connectivity index (χ0) is 26.1. The van der Waals surface area contributed by atoms with Crippen molar-refractivity contribution in [3.8, 4) is 11.1 Å². The topological polar surface area (TPSA) is 55.4 Å². The van der Waals surface area contributed by atoms with E-state index in [1.54, 1.807) is 18.2 Å². The van der Waals surface area contributed by atoms with Crippen LogP contribution in [0.4, 0.5) is 5.69 Å². The van der Waals surface area contributed by atoms with Gasteiger partial charge in [0.25, 0.3) is 0 Å². The molecule has 4 aromatic carbocycles. The molecule has 0 aromatic heterocycles. The number of anilines is 1. The van der Waals surface area contributed by atoms with Gasteiger partial charge in [-0.3, -0.25) is 4.79 Å². The zero-order valence-corrected chi connectivity index (χ0v) is 22.2. The lowest BCUT2D eigenvalue weighted by atomic mass is 9.76. The molecule has 0 bridgehead atoms. The van der Waals surface area contributed by atoms with Crippen LogP contribution in [0.15, 0.2) is 114 Å². The number of benzene rings is 4. The first-order chi connectivity index (χ1) is 18.6. The number of ether oxygens (including phenoxy) is 1. The number of esters is 1. The van der Waals surface area contributed by atoms with Crippen LogP contribution in [0.1, 0.15) is 50.2 Å². The lowest BCUT2D eigenvalue weighted by Gasteiger charge is -2.37. The van der Waals surface area contributed by atoms with E-state index in [-0.39, 0.29) is 24.3 Å². The van der Waals surface area contributed by atoms with Gasteiger partial charge in [-0.05, 0) is 64.9 Å². The van der Waals surface area contributed by atoms with Crippen molar-refractivity contribution in [2.45, 2.75) is 18.4 Å². The number of carbonyl (C=O) groups excluding carboxylic acids is 2. The molecule has 188 valence electrons. The van der Waals surface area contributed by atoms with Crippen LogP contribution >= 0.6 is 15.9 Å². The van der Waals surface area contributed by atoms with E-state index in [0.29, 0.717) is 17.0 Å². The van der Waals surface area contributed by atoms with Crippen LogP contribution in [-0.4, -0.2) is 18.4 Å². The molecule has 1 heterocycles. The lowest BCUT2D eigenvalue weighted by molar-refractivity contribution is 0.0474. The van der Waals surface area contributed by atoms with Crippen molar-refractivity contribution < 1.29 is 14.3 Å². The molecule has 1 aliphatic heterocycles. The summed E-state index contributed by atoms with van der Waals surface area (Å²) in [5, 5.41) is 3.70. The second-order valence-corrected chi connectivity index (χ2v) is 10.7. The van der Waals surface area contributed by atoms with Crippen LogP contribution in [0.5, 0.6) is 0 Å². The molecule has 38 heavy (non-hydrogen) atoms. The van der Waals surface area contributed by atoms with E-state index in [4.69, 9.17) is 4.74 Å². The summed E-state index contributed by atoms with van der Waals surface area (Å²) < 4.78 is 6.49. The molecule has 0 radical (unpaired) electrons. The van der Waals surface area contributed by atoms with E-state index in [9.17, 15) is 9.59 Å². The van der Waals surface area contributed by atoms with E-state index in [1.807, 2.05) is 54.6 Å². The molecule has 0 amide bonds. The number of fused-ring (bicyclic) bond motifs is 3. The first-order valence-corrected chi connectivity index (χ1v) is 13.5. The fourth-order valence-corrected chi connectivity index (χ4v) is 5.76. The highest BCUT2D eigenvalue weighted by Gasteiger charge is 2.38. The largest absolute Gasteiger partial charge is 0.454 e. The Morgan fingerprint density at radius 3 is 2.32 bits per heavy atom. The van der Waals surface area contributed by atoms with Gasteiger partial charge in [-0.25, -0.2) is 4.79 Å². The first-order valence-electron chi connectivity index (χ1n) is 12.8. The third-order valence-corrected chi connectivity index (χ3v) is 8.00. The zero-order valence-electron chi connectivity index (χ0n) is 20.6. The summed E-state index contributed by atoms with van der Waals surface area (Å²) in [4.78, 5) is 25.6. The molecule has 1 N–H and O–H groups in total. The minimum Gasteiger partial charge on any atom is -0.454 e. The van der Waals surface area contributed by atoms with Crippen LogP contribution < -0.4 is 5.32 Å². The van der Waals surface area contributed by atoms with Gasteiger partial charge in [0.2, 0.25) is 0 Å². The smallest absolute Gasteiger partial charge is 0.338 e. The summed E-state index contributed by atoms with van der Waals surface area (Å²) in [6.07, 6.45) is 5.45. The number of halogens is 1. The highest BCUT2D eigenvalue weighted by molar-refractivity contribution is 9.10. The number of ketones is 1. The molecular weight excluding hydrogens is 538 g/mol. The van der Waals surface area contributed by atoms with Crippen molar-refractivity contribution >= 4 is 33.4 Å². The van der Waals surface area contributed by atoms with Crippen LogP contribution in [-0.2, 0) is 4.74 Å². The quantitative estimate of drug-likeness (QED) is 0.147. The molecule has 5 heteroatoms. The average Bonchev–Trinajstić information content (AvgIpc) is 3.47. The maximum Gasteiger partial charge on any atom is 0.338 e. The minimum atomic E-state index is -0.490. The maximum atomic E-state index is 12.9. The molecule has 0 saturated heterocycles. The minimum absolute atomic E-state index is 0.194. The van der Waals surface area contributed by atoms with E-state index >= 15 is 0 Å². The Morgan fingerprint density at radius 2 is 1.55 bits per heavy atom. The van der Waals surface area contributed by atoms with Gasteiger partial charge in [-0.15, -0.1) is 0 Å². The Hall–Kier alpha value is -3.96. The van der Waals surface area contributed by atoms with Crippen LogP contribution in [0.2, 0.25) is 0 Å². The van der Waals surface area contributed by atoms with Gasteiger partial charge in [0.05, 0.1) is 11.6 Å². The van der Waals surface area contributed by atoms with Gasteiger partial charge in [0.1, 0.15) is 0 Å². The molecule has 1 aliphatic carbocycles. The number of nitrogens with one attached hydrogen (secondary N) is 1. The van der Waals surface area contributed by atoms with E-state index in [1.165, 1.54) is 5.56 Å². The van der Waals surface area contributed by atoms with E-state index in [0.717, 1.165) is 33.3 Å². The molecular formula is C33H26BrNO3. The number of carbonyl (C=O) groups is 2.